The first-order valence-corrected chi connectivity index (χ1v) is 13.6. The number of benzene rings is 5. The van der Waals surface area contributed by atoms with Crippen molar-refractivity contribution in [2.75, 3.05) is 0 Å². The third-order valence-corrected chi connectivity index (χ3v) is 9.40. The summed E-state index contributed by atoms with van der Waals surface area (Å²) in [4.78, 5) is 0. The molecule has 0 spiro atoms. The number of rotatable bonds is 7. The van der Waals surface area contributed by atoms with Crippen molar-refractivity contribution in [3.8, 4) is 0 Å². The summed E-state index contributed by atoms with van der Waals surface area (Å²) in [6.07, 6.45) is 2.92. The van der Waals surface area contributed by atoms with Crippen molar-refractivity contribution < 1.29 is 4.57 Å². The van der Waals surface area contributed by atoms with Crippen molar-refractivity contribution in [2.24, 2.45) is 0 Å². The Morgan fingerprint density at radius 1 is 0.543 bits per heavy atom. The van der Waals surface area contributed by atoms with Crippen molar-refractivity contribution >= 4 is 34.7 Å². The lowest BCUT2D eigenvalue weighted by molar-refractivity contribution is 0.592. The van der Waals surface area contributed by atoms with Crippen molar-refractivity contribution in [1.29, 1.82) is 0 Å². The van der Waals surface area contributed by atoms with E-state index in [1.807, 2.05) is 91.0 Å². The zero-order valence-electron chi connectivity index (χ0n) is 19.5. The SMILES string of the molecule is O=P(c1ccccc1)(c1ccccc1)c1ccccc1C/C(=C\c1ccccc1)c1ccccc1. The molecular formula is C33H27OP. The minimum atomic E-state index is -3.07. The fourth-order valence-corrected chi connectivity index (χ4v) is 7.41. The average Bonchev–Trinajstić information content (AvgIpc) is 2.94. The Labute approximate surface area is 207 Å². The van der Waals surface area contributed by atoms with Crippen LogP contribution in [0.3, 0.4) is 0 Å². The monoisotopic (exact) mass is 470 g/mol. The first kappa shape index (κ1) is 22.8. The molecule has 5 rings (SSSR count). The van der Waals surface area contributed by atoms with Crippen LogP contribution in [0.25, 0.3) is 11.6 Å². The fraction of sp³-hybridized carbons (Fsp3) is 0.0303. The summed E-state index contributed by atoms with van der Waals surface area (Å²) < 4.78 is 15.1. The number of allylic oxidation sites excluding steroid dienone is 1. The second kappa shape index (κ2) is 10.6. The fourth-order valence-electron chi connectivity index (χ4n) is 4.51. The van der Waals surface area contributed by atoms with Gasteiger partial charge in [0, 0.05) is 15.9 Å². The number of hydrogen-bond acceptors (Lipinski definition) is 1. The maximum Gasteiger partial charge on any atom is 0.171 e. The molecule has 35 heavy (non-hydrogen) atoms. The molecule has 0 saturated heterocycles. The van der Waals surface area contributed by atoms with Gasteiger partial charge in [-0.3, -0.25) is 0 Å². The van der Waals surface area contributed by atoms with Crippen LogP contribution < -0.4 is 15.9 Å². The molecule has 170 valence electrons. The summed E-state index contributed by atoms with van der Waals surface area (Å²) in [5, 5.41) is 2.60. The van der Waals surface area contributed by atoms with Crippen LogP contribution in [0.15, 0.2) is 146 Å². The van der Waals surface area contributed by atoms with Gasteiger partial charge < -0.3 is 4.57 Å². The third kappa shape index (κ3) is 4.97. The minimum Gasteiger partial charge on any atom is -0.309 e. The maximum atomic E-state index is 15.1. The highest BCUT2D eigenvalue weighted by molar-refractivity contribution is 7.85. The lowest BCUT2D eigenvalue weighted by Crippen LogP contribution is -2.27. The molecule has 0 heterocycles. The van der Waals surface area contributed by atoms with Crippen LogP contribution in [0.2, 0.25) is 0 Å². The number of hydrogen-bond donors (Lipinski definition) is 0. The Bertz CT molecular complexity index is 1410. The summed E-state index contributed by atoms with van der Waals surface area (Å²) in [6, 6.07) is 48.8. The molecule has 0 unspecified atom stereocenters. The molecule has 2 heteroatoms. The highest BCUT2D eigenvalue weighted by Crippen LogP contribution is 2.43. The molecule has 0 N–H and O–H groups in total. The average molecular weight is 471 g/mol. The molecule has 0 fully saturated rings. The minimum absolute atomic E-state index is 0.679. The molecule has 5 aromatic carbocycles. The molecule has 0 aliphatic rings. The van der Waals surface area contributed by atoms with Crippen molar-refractivity contribution in [1.82, 2.24) is 0 Å². The van der Waals surface area contributed by atoms with Crippen LogP contribution >= 0.6 is 7.14 Å². The molecular weight excluding hydrogens is 443 g/mol. The Morgan fingerprint density at radius 2 is 1.00 bits per heavy atom. The molecule has 0 aromatic heterocycles. The van der Waals surface area contributed by atoms with Gasteiger partial charge in [0.25, 0.3) is 0 Å². The second-order valence-electron chi connectivity index (χ2n) is 8.53. The zero-order valence-corrected chi connectivity index (χ0v) is 20.4. The van der Waals surface area contributed by atoms with Gasteiger partial charge in [-0.05, 0) is 28.7 Å². The predicted octanol–water partition coefficient (Wildman–Crippen LogP) is 7.11. The van der Waals surface area contributed by atoms with E-state index in [0.29, 0.717) is 6.42 Å². The second-order valence-corrected chi connectivity index (χ2v) is 11.3. The van der Waals surface area contributed by atoms with Gasteiger partial charge in [0.15, 0.2) is 7.14 Å². The molecule has 0 aliphatic heterocycles. The molecule has 1 nitrogen and oxygen atoms in total. The van der Waals surface area contributed by atoms with Crippen molar-refractivity contribution in [2.45, 2.75) is 6.42 Å². The van der Waals surface area contributed by atoms with Gasteiger partial charge in [0.1, 0.15) is 0 Å². The normalized spacial score (nSPS) is 11.8. The summed E-state index contributed by atoms with van der Waals surface area (Å²) in [5.41, 5.74) is 4.59. The third-order valence-electron chi connectivity index (χ3n) is 6.24. The van der Waals surface area contributed by atoms with E-state index in [4.69, 9.17) is 0 Å². The Balaban J connectivity index is 1.67. The molecule has 0 atom stereocenters. The maximum absolute atomic E-state index is 15.1. The lowest BCUT2D eigenvalue weighted by atomic mass is 9.96. The molecule has 5 aromatic rings. The van der Waals surface area contributed by atoms with Gasteiger partial charge in [-0.2, -0.15) is 0 Å². The van der Waals surface area contributed by atoms with E-state index in [0.717, 1.165) is 27.0 Å². The Hall–Kier alpha value is -3.93. The van der Waals surface area contributed by atoms with Gasteiger partial charge in [0.2, 0.25) is 0 Å². The predicted molar refractivity (Wildman–Crippen MR) is 150 cm³/mol. The molecule has 0 amide bonds. The largest absolute Gasteiger partial charge is 0.309 e. The van der Waals surface area contributed by atoms with E-state index in [9.17, 15) is 0 Å². The lowest BCUT2D eigenvalue weighted by Gasteiger charge is -2.23. The Morgan fingerprint density at radius 3 is 1.57 bits per heavy atom. The summed E-state index contributed by atoms with van der Waals surface area (Å²) in [7, 11) is -3.07. The quantitative estimate of drug-likeness (QED) is 0.183. The van der Waals surface area contributed by atoms with Gasteiger partial charge in [0.05, 0.1) is 0 Å². The van der Waals surface area contributed by atoms with Gasteiger partial charge in [-0.25, -0.2) is 0 Å². The molecule has 0 bridgehead atoms. The smallest absolute Gasteiger partial charge is 0.171 e. The summed E-state index contributed by atoms with van der Waals surface area (Å²) in [5.74, 6) is 0. The highest BCUT2D eigenvalue weighted by Gasteiger charge is 2.31. The van der Waals surface area contributed by atoms with E-state index in [1.165, 1.54) is 11.1 Å². The van der Waals surface area contributed by atoms with Crippen LogP contribution in [0.4, 0.5) is 0 Å². The van der Waals surface area contributed by atoms with Gasteiger partial charge >= 0.3 is 0 Å². The van der Waals surface area contributed by atoms with Crippen LogP contribution in [-0.2, 0) is 11.0 Å². The first-order valence-electron chi connectivity index (χ1n) is 11.9. The van der Waals surface area contributed by atoms with Crippen LogP contribution in [0.1, 0.15) is 16.7 Å². The van der Waals surface area contributed by atoms with E-state index in [-0.39, 0.29) is 0 Å². The van der Waals surface area contributed by atoms with Gasteiger partial charge in [-0.1, -0.05) is 152 Å². The van der Waals surface area contributed by atoms with Crippen molar-refractivity contribution in [3.05, 3.63) is 162 Å². The molecule has 0 saturated carbocycles. The summed E-state index contributed by atoms with van der Waals surface area (Å²) >= 11 is 0. The highest BCUT2D eigenvalue weighted by atomic mass is 31.2. The molecule has 0 radical (unpaired) electrons. The van der Waals surface area contributed by atoms with Gasteiger partial charge in [-0.15, -0.1) is 0 Å². The topological polar surface area (TPSA) is 17.1 Å². The summed E-state index contributed by atoms with van der Waals surface area (Å²) in [6.45, 7) is 0. The van der Waals surface area contributed by atoms with E-state index in [1.54, 1.807) is 0 Å². The van der Waals surface area contributed by atoms with Crippen LogP contribution in [0, 0.1) is 0 Å². The van der Waals surface area contributed by atoms with Crippen LogP contribution in [-0.4, -0.2) is 0 Å². The van der Waals surface area contributed by atoms with E-state index < -0.39 is 7.14 Å². The first-order chi connectivity index (χ1) is 17.2. The van der Waals surface area contributed by atoms with E-state index in [2.05, 4.69) is 60.7 Å². The zero-order chi connectivity index (χ0) is 23.9. The Kier molecular flexibility index (Phi) is 6.89. The van der Waals surface area contributed by atoms with E-state index >= 15 is 4.57 Å². The van der Waals surface area contributed by atoms with Crippen LogP contribution in [0.5, 0.6) is 0 Å². The standard InChI is InChI=1S/C33H27OP/c34-35(31-20-9-3-10-21-31,32-22-11-4-12-23-32)33-24-14-13-19-29(33)26-30(28-17-7-2-8-18-28)25-27-15-5-1-6-16-27/h1-25H,26H2/b30-25+. The molecule has 0 aliphatic carbocycles. The van der Waals surface area contributed by atoms with Crippen molar-refractivity contribution in [3.63, 3.8) is 0 Å².